The number of carbonyl (C=O) groups is 1. The molecular weight excluding hydrogens is 196 g/mol. The molecule has 14 heavy (non-hydrogen) atoms. The lowest BCUT2D eigenvalue weighted by Gasteiger charge is -2.20. The van der Waals surface area contributed by atoms with Crippen LogP contribution < -0.4 is 5.73 Å². The van der Waals surface area contributed by atoms with Crippen molar-refractivity contribution in [2.45, 2.75) is 24.9 Å². The van der Waals surface area contributed by atoms with Gasteiger partial charge in [-0.05, 0) is 35.2 Å². The maximum Gasteiger partial charge on any atom is 0.242 e. The van der Waals surface area contributed by atoms with E-state index in [1.807, 2.05) is 18.5 Å². The zero-order chi connectivity index (χ0) is 10.2. The van der Waals surface area contributed by atoms with Crippen LogP contribution in [0.4, 0.5) is 0 Å². The molecule has 1 saturated carbocycles. The van der Waals surface area contributed by atoms with Crippen LogP contribution in [0.15, 0.2) is 16.8 Å². The zero-order valence-corrected chi connectivity index (χ0v) is 9.01. The fourth-order valence-electron chi connectivity index (χ4n) is 1.46. The third-order valence-electron chi connectivity index (χ3n) is 2.56. The smallest absolute Gasteiger partial charge is 0.242 e. The Morgan fingerprint density at radius 2 is 2.43 bits per heavy atom. The predicted molar refractivity (Wildman–Crippen MR) is 56.9 cm³/mol. The van der Waals surface area contributed by atoms with Crippen molar-refractivity contribution in [2.24, 2.45) is 5.73 Å². The predicted octanol–water partition coefficient (Wildman–Crippen LogP) is 1.20. The standard InChI is InChI=1S/C10H14N2OS/c1-12(6-8-2-5-14-7-8)9(13)10(11)3-4-10/h2,5,7H,3-4,6,11H2,1H3. The first kappa shape index (κ1) is 9.68. The topological polar surface area (TPSA) is 46.3 Å². The van der Waals surface area contributed by atoms with Gasteiger partial charge in [0, 0.05) is 13.6 Å². The molecule has 0 spiro atoms. The van der Waals surface area contributed by atoms with Crippen LogP contribution in [0.5, 0.6) is 0 Å². The first-order valence-electron chi connectivity index (χ1n) is 4.67. The quantitative estimate of drug-likeness (QED) is 0.814. The summed E-state index contributed by atoms with van der Waals surface area (Å²) in [6.07, 6.45) is 1.67. The van der Waals surface area contributed by atoms with Crippen LogP contribution in [0, 0.1) is 0 Å². The Balaban J connectivity index is 1.96. The average Bonchev–Trinajstić information content (AvgIpc) is 2.71. The molecule has 1 aliphatic carbocycles. The van der Waals surface area contributed by atoms with Crippen LogP contribution in [0.25, 0.3) is 0 Å². The van der Waals surface area contributed by atoms with Crippen LogP contribution in [0.1, 0.15) is 18.4 Å². The Kier molecular flexibility index (Phi) is 2.33. The lowest BCUT2D eigenvalue weighted by molar-refractivity contribution is -0.132. The van der Waals surface area contributed by atoms with Gasteiger partial charge in [-0.3, -0.25) is 4.79 Å². The van der Waals surface area contributed by atoms with Crippen LogP contribution in [0.2, 0.25) is 0 Å². The molecule has 0 radical (unpaired) electrons. The second-order valence-electron chi connectivity index (χ2n) is 3.95. The van der Waals surface area contributed by atoms with E-state index in [0.717, 1.165) is 12.8 Å². The van der Waals surface area contributed by atoms with Gasteiger partial charge in [0.05, 0.1) is 5.54 Å². The highest BCUT2D eigenvalue weighted by Crippen LogP contribution is 2.34. The van der Waals surface area contributed by atoms with Crippen molar-refractivity contribution >= 4 is 17.2 Å². The molecule has 1 fully saturated rings. The number of thiophene rings is 1. The van der Waals surface area contributed by atoms with Crippen molar-refractivity contribution in [3.63, 3.8) is 0 Å². The van der Waals surface area contributed by atoms with E-state index in [1.54, 1.807) is 16.2 Å². The average molecular weight is 210 g/mol. The number of rotatable bonds is 3. The summed E-state index contributed by atoms with van der Waals surface area (Å²) in [5.41, 5.74) is 6.47. The fourth-order valence-corrected chi connectivity index (χ4v) is 2.12. The Morgan fingerprint density at radius 3 is 2.93 bits per heavy atom. The minimum atomic E-state index is -0.537. The molecular formula is C10H14N2OS. The van der Waals surface area contributed by atoms with Crippen molar-refractivity contribution in [3.05, 3.63) is 22.4 Å². The molecule has 2 N–H and O–H groups in total. The summed E-state index contributed by atoms with van der Waals surface area (Å²) in [4.78, 5) is 13.5. The van der Waals surface area contributed by atoms with Gasteiger partial charge in [-0.25, -0.2) is 0 Å². The molecule has 1 aliphatic rings. The van der Waals surface area contributed by atoms with E-state index in [2.05, 4.69) is 5.38 Å². The molecule has 0 aromatic carbocycles. The lowest BCUT2D eigenvalue weighted by Crippen LogP contribution is -2.43. The van der Waals surface area contributed by atoms with Gasteiger partial charge < -0.3 is 10.6 Å². The van der Waals surface area contributed by atoms with Crippen molar-refractivity contribution in [2.75, 3.05) is 7.05 Å². The summed E-state index contributed by atoms with van der Waals surface area (Å²) in [5, 5.41) is 4.07. The van der Waals surface area contributed by atoms with Crippen LogP contribution in [-0.2, 0) is 11.3 Å². The first-order chi connectivity index (χ1) is 6.62. The minimum Gasteiger partial charge on any atom is -0.340 e. The second kappa shape index (κ2) is 3.37. The third kappa shape index (κ3) is 1.81. The minimum absolute atomic E-state index is 0.0729. The van der Waals surface area contributed by atoms with Crippen LogP contribution in [-0.4, -0.2) is 23.4 Å². The molecule has 0 atom stereocenters. The van der Waals surface area contributed by atoms with Crippen LogP contribution >= 0.6 is 11.3 Å². The second-order valence-corrected chi connectivity index (χ2v) is 4.73. The summed E-state index contributed by atoms with van der Waals surface area (Å²) in [6, 6.07) is 2.03. The van der Waals surface area contributed by atoms with Gasteiger partial charge >= 0.3 is 0 Å². The molecule has 0 aliphatic heterocycles. The Bertz CT molecular complexity index is 330. The van der Waals surface area contributed by atoms with Gasteiger partial charge in [-0.1, -0.05) is 0 Å². The van der Waals surface area contributed by atoms with E-state index in [4.69, 9.17) is 5.73 Å². The van der Waals surface area contributed by atoms with Crippen molar-refractivity contribution in [3.8, 4) is 0 Å². The van der Waals surface area contributed by atoms with Crippen molar-refractivity contribution in [1.29, 1.82) is 0 Å². The van der Waals surface area contributed by atoms with E-state index in [0.29, 0.717) is 6.54 Å². The number of hydrogen-bond donors (Lipinski definition) is 1. The zero-order valence-electron chi connectivity index (χ0n) is 8.19. The number of carbonyl (C=O) groups excluding carboxylic acids is 1. The molecule has 0 unspecified atom stereocenters. The maximum absolute atomic E-state index is 11.8. The largest absolute Gasteiger partial charge is 0.340 e. The molecule has 3 nitrogen and oxygen atoms in total. The first-order valence-corrected chi connectivity index (χ1v) is 5.62. The number of likely N-dealkylation sites (N-methyl/N-ethyl adjacent to an activating group) is 1. The third-order valence-corrected chi connectivity index (χ3v) is 3.29. The maximum atomic E-state index is 11.8. The van der Waals surface area contributed by atoms with Gasteiger partial charge in [0.1, 0.15) is 0 Å². The highest BCUT2D eigenvalue weighted by molar-refractivity contribution is 7.07. The number of hydrogen-bond acceptors (Lipinski definition) is 3. The lowest BCUT2D eigenvalue weighted by atomic mass is 10.2. The van der Waals surface area contributed by atoms with E-state index >= 15 is 0 Å². The summed E-state index contributed by atoms with van der Waals surface area (Å²) in [7, 11) is 1.81. The van der Waals surface area contributed by atoms with E-state index in [1.165, 1.54) is 5.56 Å². The monoisotopic (exact) mass is 210 g/mol. The number of nitrogens with zero attached hydrogens (tertiary/aromatic N) is 1. The summed E-state index contributed by atoms with van der Waals surface area (Å²) in [6.45, 7) is 0.668. The highest BCUT2D eigenvalue weighted by atomic mass is 32.1. The molecule has 76 valence electrons. The van der Waals surface area contributed by atoms with Crippen molar-refractivity contribution in [1.82, 2.24) is 4.90 Å². The van der Waals surface area contributed by atoms with E-state index in [9.17, 15) is 4.79 Å². The SMILES string of the molecule is CN(Cc1ccsc1)C(=O)C1(N)CC1. The number of amides is 1. The molecule has 4 heteroatoms. The fraction of sp³-hybridized carbons (Fsp3) is 0.500. The molecule has 0 saturated heterocycles. The number of nitrogens with two attached hydrogens (primary N) is 1. The molecule has 0 bridgehead atoms. The van der Waals surface area contributed by atoms with E-state index in [-0.39, 0.29) is 5.91 Å². The highest BCUT2D eigenvalue weighted by Gasteiger charge is 2.47. The normalized spacial score (nSPS) is 17.9. The molecule has 1 aromatic heterocycles. The summed E-state index contributed by atoms with van der Waals surface area (Å²) < 4.78 is 0. The van der Waals surface area contributed by atoms with Gasteiger partial charge in [-0.2, -0.15) is 11.3 Å². The Labute approximate surface area is 87.5 Å². The molecule has 1 aromatic rings. The van der Waals surface area contributed by atoms with Gasteiger partial charge in [0.25, 0.3) is 0 Å². The Hall–Kier alpha value is -0.870. The Morgan fingerprint density at radius 1 is 1.71 bits per heavy atom. The van der Waals surface area contributed by atoms with Gasteiger partial charge in [0.2, 0.25) is 5.91 Å². The molecule has 1 heterocycles. The van der Waals surface area contributed by atoms with Gasteiger partial charge in [-0.15, -0.1) is 0 Å². The molecule has 2 rings (SSSR count). The van der Waals surface area contributed by atoms with E-state index < -0.39 is 5.54 Å². The van der Waals surface area contributed by atoms with Crippen molar-refractivity contribution < 1.29 is 4.79 Å². The summed E-state index contributed by atoms with van der Waals surface area (Å²) in [5.74, 6) is 0.0729. The summed E-state index contributed by atoms with van der Waals surface area (Å²) >= 11 is 1.65. The molecule has 1 amide bonds. The van der Waals surface area contributed by atoms with Crippen LogP contribution in [0.3, 0.4) is 0 Å². The van der Waals surface area contributed by atoms with Gasteiger partial charge in [0.15, 0.2) is 0 Å².